The second kappa shape index (κ2) is 5.64. The first kappa shape index (κ1) is 12.5. The Balaban J connectivity index is 1.48. The quantitative estimate of drug-likeness (QED) is 0.671. The average molecular weight is 276 g/mol. The predicted molar refractivity (Wildman–Crippen MR) is 70.7 cm³/mol. The molecule has 1 aliphatic heterocycles. The van der Waals surface area contributed by atoms with Gasteiger partial charge in [0.1, 0.15) is 18.2 Å². The van der Waals surface area contributed by atoms with Crippen LogP contribution < -0.4 is 19.5 Å². The molecular formula is C14H13FN2O3. The molecule has 0 radical (unpaired) electrons. The zero-order chi connectivity index (χ0) is 13.8. The van der Waals surface area contributed by atoms with Crippen molar-refractivity contribution >= 4 is 5.82 Å². The molecule has 6 heteroatoms. The van der Waals surface area contributed by atoms with Gasteiger partial charge in [-0.1, -0.05) is 6.07 Å². The van der Waals surface area contributed by atoms with Gasteiger partial charge in [0.05, 0.1) is 6.54 Å². The highest BCUT2D eigenvalue weighted by atomic mass is 19.1. The Morgan fingerprint density at radius 2 is 2.10 bits per heavy atom. The first-order valence-corrected chi connectivity index (χ1v) is 6.20. The van der Waals surface area contributed by atoms with E-state index >= 15 is 0 Å². The van der Waals surface area contributed by atoms with Crippen molar-refractivity contribution in [2.24, 2.45) is 0 Å². The summed E-state index contributed by atoms with van der Waals surface area (Å²) in [5, 5.41) is 2.98. The summed E-state index contributed by atoms with van der Waals surface area (Å²) in [4.78, 5) is 3.70. The molecule has 0 saturated carbocycles. The summed E-state index contributed by atoms with van der Waals surface area (Å²) in [6, 6.07) is 10.00. The second-order valence-corrected chi connectivity index (χ2v) is 4.14. The lowest BCUT2D eigenvalue weighted by Gasteiger charge is -2.08. The maximum Gasteiger partial charge on any atom is 0.231 e. The molecule has 0 spiro atoms. The van der Waals surface area contributed by atoms with E-state index < -0.39 is 5.95 Å². The summed E-state index contributed by atoms with van der Waals surface area (Å²) >= 11 is 0. The minimum Gasteiger partial charge on any atom is -0.492 e. The van der Waals surface area contributed by atoms with Crippen LogP contribution in [0, 0.1) is 5.95 Å². The number of hydrogen-bond donors (Lipinski definition) is 1. The predicted octanol–water partition coefficient (Wildman–Crippen LogP) is 2.44. The fourth-order valence-electron chi connectivity index (χ4n) is 1.82. The summed E-state index contributed by atoms with van der Waals surface area (Å²) in [6.45, 7) is 1.19. The number of pyridine rings is 1. The van der Waals surface area contributed by atoms with E-state index in [1.165, 1.54) is 6.07 Å². The van der Waals surface area contributed by atoms with Gasteiger partial charge in [-0.3, -0.25) is 0 Å². The van der Waals surface area contributed by atoms with Crippen LogP contribution in [0.4, 0.5) is 10.2 Å². The van der Waals surface area contributed by atoms with Crippen LogP contribution in [0.2, 0.25) is 0 Å². The molecule has 0 fully saturated rings. The van der Waals surface area contributed by atoms with E-state index in [0.29, 0.717) is 30.5 Å². The van der Waals surface area contributed by atoms with Crippen molar-refractivity contribution in [2.75, 3.05) is 25.3 Å². The Morgan fingerprint density at radius 3 is 3.00 bits per heavy atom. The van der Waals surface area contributed by atoms with Crippen LogP contribution in [-0.4, -0.2) is 24.9 Å². The summed E-state index contributed by atoms with van der Waals surface area (Å²) in [6.07, 6.45) is 0. The number of nitrogens with zero attached hydrogens (tertiary/aromatic N) is 1. The number of benzene rings is 1. The number of anilines is 1. The van der Waals surface area contributed by atoms with Gasteiger partial charge in [0.25, 0.3) is 0 Å². The Bertz CT molecular complexity index is 607. The SMILES string of the molecule is Fc1cccc(NCCOc2ccc3c(c2)OCO3)n1. The minimum atomic E-state index is -0.508. The molecule has 20 heavy (non-hydrogen) atoms. The molecule has 0 unspecified atom stereocenters. The number of hydrogen-bond acceptors (Lipinski definition) is 5. The van der Waals surface area contributed by atoms with Gasteiger partial charge in [-0.2, -0.15) is 4.39 Å². The standard InChI is InChI=1S/C14H13FN2O3/c15-13-2-1-3-14(17-13)16-6-7-18-10-4-5-11-12(8-10)20-9-19-11/h1-5,8H,6-7,9H2,(H,16,17). The summed E-state index contributed by atoms with van der Waals surface area (Å²) < 4.78 is 28.9. The summed E-state index contributed by atoms with van der Waals surface area (Å²) in [5.41, 5.74) is 0. The van der Waals surface area contributed by atoms with E-state index in [1.807, 2.05) is 6.07 Å². The van der Waals surface area contributed by atoms with Crippen LogP contribution in [-0.2, 0) is 0 Å². The summed E-state index contributed by atoms with van der Waals surface area (Å²) in [7, 11) is 0. The number of ether oxygens (including phenoxy) is 3. The fraction of sp³-hybridized carbons (Fsp3) is 0.214. The van der Waals surface area contributed by atoms with Crippen LogP contribution in [0.3, 0.4) is 0 Å². The van der Waals surface area contributed by atoms with Gasteiger partial charge in [-0.25, -0.2) is 4.98 Å². The lowest BCUT2D eigenvalue weighted by atomic mass is 10.3. The molecule has 104 valence electrons. The maximum absolute atomic E-state index is 12.9. The maximum atomic E-state index is 12.9. The second-order valence-electron chi connectivity index (χ2n) is 4.14. The van der Waals surface area contributed by atoms with Crippen LogP contribution in [0.1, 0.15) is 0 Å². The van der Waals surface area contributed by atoms with E-state index in [1.54, 1.807) is 24.3 Å². The van der Waals surface area contributed by atoms with Gasteiger partial charge in [-0.05, 0) is 24.3 Å². The van der Waals surface area contributed by atoms with Gasteiger partial charge in [-0.15, -0.1) is 0 Å². The minimum absolute atomic E-state index is 0.242. The Labute approximate surface area is 115 Å². The Kier molecular flexibility index (Phi) is 3.54. The Hall–Kier alpha value is -2.50. The normalized spacial score (nSPS) is 12.2. The molecule has 2 aromatic rings. The molecule has 0 bridgehead atoms. The van der Waals surface area contributed by atoms with Crippen molar-refractivity contribution in [3.05, 3.63) is 42.3 Å². The van der Waals surface area contributed by atoms with Gasteiger partial charge in [0, 0.05) is 6.07 Å². The number of aromatic nitrogens is 1. The number of nitrogens with one attached hydrogen (secondary N) is 1. The van der Waals surface area contributed by atoms with Gasteiger partial charge < -0.3 is 19.5 Å². The zero-order valence-electron chi connectivity index (χ0n) is 10.6. The van der Waals surface area contributed by atoms with Crippen molar-refractivity contribution in [2.45, 2.75) is 0 Å². The van der Waals surface area contributed by atoms with Gasteiger partial charge in [0.15, 0.2) is 11.5 Å². The smallest absolute Gasteiger partial charge is 0.231 e. The van der Waals surface area contributed by atoms with Gasteiger partial charge in [0.2, 0.25) is 12.7 Å². The first-order chi connectivity index (χ1) is 9.81. The van der Waals surface area contributed by atoms with Crippen molar-refractivity contribution in [3.63, 3.8) is 0 Å². The van der Waals surface area contributed by atoms with Crippen LogP contribution in [0.5, 0.6) is 17.2 Å². The summed E-state index contributed by atoms with van der Waals surface area (Å²) in [5.74, 6) is 2.08. The monoisotopic (exact) mass is 276 g/mol. The molecule has 1 aliphatic rings. The highest BCUT2D eigenvalue weighted by molar-refractivity contribution is 5.46. The Morgan fingerprint density at radius 1 is 1.20 bits per heavy atom. The van der Waals surface area contributed by atoms with E-state index in [9.17, 15) is 4.39 Å². The van der Waals surface area contributed by atoms with Crippen molar-refractivity contribution in [1.29, 1.82) is 0 Å². The largest absolute Gasteiger partial charge is 0.492 e. The van der Waals surface area contributed by atoms with Gasteiger partial charge >= 0.3 is 0 Å². The number of halogens is 1. The van der Waals surface area contributed by atoms with E-state index in [-0.39, 0.29) is 6.79 Å². The van der Waals surface area contributed by atoms with Crippen LogP contribution in [0.15, 0.2) is 36.4 Å². The van der Waals surface area contributed by atoms with Crippen molar-refractivity contribution < 1.29 is 18.6 Å². The molecule has 0 atom stereocenters. The number of rotatable bonds is 5. The molecule has 0 aliphatic carbocycles. The molecule has 5 nitrogen and oxygen atoms in total. The molecule has 1 aromatic carbocycles. The molecule has 0 amide bonds. The van der Waals surface area contributed by atoms with E-state index in [2.05, 4.69) is 10.3 Å². The molecule has 0 saturated heterocycles. The molecule has 1 N–H and O–H groups in total. The zero-order valence-corrected chi connectivity index (χ0v) is 10.6. The van der Waals surface area contributed by atoms with Crippen LogP contribution in [0.25, 0.3) is 0 Å². The lowest BCUT2D eigenvalue weighted by molar-refractivity contribution is 0.174. The third-order valence-corrected chi connectivity index (χ3v) is 2.74. The van der Waals surface area contributed by atoms with E-state index in [0.717, 1.165) is 5.75 Å². The highest BCUT2D eigenvalue weighted by Gasteiger charge is 2.13. The fourth-order valence-corrected chi connectivity index (χ4v) is 1.82. The lowest BCUT2D eigenvalue weighted by Crippen LogP contribution is -2.12. The van der Waals surface area contributed by atoms with Crippen LogP contribution >= 0.6 is 0 Å². The third-order valence-electron chi connectivity index (χ3n) is 2.74. The van der Waals surface area contributed by atoms with E-state index in [4.69, 9.17) is 14.2 Å². The highest BCUT2D eigenvalue weighted by Crippen LogP contribution is 2.34. The average Bonchev–Trinajstić information content (AvgIpc) is 2.91. The number of fused-ring (bicyclic) bond motifs is 1. The first-order valence-electron chi connectivity index (χ1n) is 6.20. The molecule has 3 rings (SSSR count). The van der Waals surface area contributed by atoms with Crippen molar-refractivity contribution in [3.8, 4) is 17.2 Å². The molecular weight excluding hydrogens is 263 g/mol. The molecule has 1 aromatic heterocycles. The van der Waals surface area contributed by atoms with Crippen molar-refractivity contribution in [1.82, 2.24) is 4.98 Å². The third kappa shape index (κ3) is 2.90. The molecule has 2 heterocycles. The topological polar surface area (TPSA) is 52.6 Å².